The molecule has 3 heteroatoms. The number of anilines is 2. The number of hydrogen-bond donors (Lipinski definition) is 0. The molecule has 15 rings (SSSR count). The molecule has 2 aliphatic carbocycles. The highest BCUT2D eigenvalue weighted by molar-refractivity contribution is 6.11. The Labute approximate surface area is 402 Å². The summed E-state index contributed by atoms with van der Waals surface area (Å²) in [5, 5.41) is 2.51. The molecule has 0 amide bonds. The molecule has 3 heterocycles. The SMILES string of the molecule is c1ccc(-c2cc(-c3ccccc3)cc(N3c4ccc(-c5ccc6c(c5)c5cc(-c7ccc8c(c7)C7Cc9ccccc9C7O8)ccc5n6-c5ccccc5)cc4C4Cc5ccccc5C43)c2)cc1. The molecular weight excluding hydrogens is 837 g/mol. The van der Waals surface area contributed by atoms with Gasteiger partial charge < -0.3 is 14.2 Å². The van der Waals surface area contributed by atoms with Gasteiger partial charge in [-0.2, -0.15) is 0 Å². The predicted octanol–water partition coefficient (Wildman–Crippen LogP) is 16.8. The van der Waals surface area contributed by atoms with Crippen molar-refractivity contribution in [2.75, 3.05) is 4.90 Å². The first kappa shape index (κ1) is 38.7. The summed E-state index contributed by atoms with van der Waals surface area (Å²) in [5.74, 6) is 1.70. The van der Waals surface area contributed by atoms with Gasteiger partial charge >= 0.3 is 0 Å². The lowest BCUT2D eigenvalue weighted by Crippen LogP contribution is -2.19. The average Bonchev–Trinajstić information content (AvgIpc) is 4.22. The van der Waals surface area contributed by atoms with E-state index in [1.807, 2.05) is 0 Å². The van der Waals surface area contributed by atoms with E-state index in [1.54, 1.807) is 0 Å². The van der Waals surface area contributed by atoms with E-state index in [1.165, 1.54) is 111 Å². The second-order valence-corrected chi connectivity index (χ2v) is 19.5. The fourth-order valence-electron chi connectivity index (χ4n) is 12.7. The summed E-state index contributed by atoms with van der Waals surface area (Å²) in [6.07, 6.45) is 2.15. The van der Waals surface area contributed by atoms with Crippen LogP contribution in [0.15, 0.2) is 231 Å². The molecule has 1 aromatic heterocycles. The lowest BCUT2D eigenvalue weighted by atomic mass is 9.92. The summed E-state index contributed by atoms with van der Waals surface area (Å²) >= 11 is 0. The molecule has 0 saturated carbocycles. The topological polar surface area (TPSA) is 17.4 Å². The van der Waals surface area contributed by atoms with Crippen molar-refractivity contribution in [1.82, 2.24) is 4.57 Å². The van der Waals surface area contributed by atoms with Crippen molar-refractivity contribution in [3.05, 3.63) is 264 Å². The van der Waals surface area contributed by atoms with Crippen LogP contribution in [0.5, 0.6) is 5.75 Å². The lowest BCUT2D eigenvalue weighted by Gasteiger charge is -2.29. The van der Waals surface area contributed by atoms with E-state index >= 15 is 0 Å². The summed E-state index contributed by atoms with van der Waals surface area (Å²) in [4.78, 5) is 2.66. The molecule has 0 spiro atoms. The molecule has 0 saturated heterocycles. The number of hydrogen-bond acceptors (Lipinski definition) is 2. The van der Waals surface area contributed by atoms with Crippen molar-refractivity contribution in [3.8, 4) is 55.9 Å². The Morgan fingerprint density at radius 1 is 0.348 bits per heavy atom. The molecular formula is C66H46N2O. The first-order valence-electron chi connectivity index (χ1n) is 24.5. The highest BCUT2D eigenvalue weighted by atomic mass is 16.5. The maximum absolute atomic E-state index is 6.62. The van der Waals surface area contributed by atoms with E-state index in [9.17, 15) is 0 Å². The molecule has 4 atom stereocenters. The van der Waals surface area contributed by atoms with E-state index in [0.717, 1.165) is 24.3 Å². The molecule has 11 aromatic rings. The van der Waals surface area contributed by atoms with E-state index in [2.05, 4.69) is 240 Å². The lowest BCUT2D eigenvalue weighted by molar-refractivity contribution is 0.222. The van der Waals surface area contributed by atoms with Crippen molar-refractivity contribution in [2.24, 2.45) is 0 Å². The van der Waals surface area contributed by atoms with Gasteiger partial charge in [0.15, 0.2) is 0 Å². The molecule has 0 N–H and O–H groups in total. The van der Waals surface area contributed by atoms with Crippen molar-refractivity contribution < 1.29 is 4.74 Å². The van der Waals surface area contributed by atoms with Crippen LogP contribution in [-0.2, 0) is 12.8 Å². The third-order valence-corrected chi connectivity index (χ3v) is 15.8. The van der Waals surface area contributed by atoms with E-state index in [0.29, 0.717) is 11.8 Å². The molecule has 69 heavy (non-hydrogen) atoms. The van der Waals surface area contributed by atoms with Crippen molar-refractivity contribution in [3.63, 3.8) is 0 Å². The smallest absolute Gasteiger partial charge is 0.131 e. The molecule has 0 bridgehead atoms. The van der Waals surface area contributed by atoms with Crippen LogP contribution in [0.2, 0.25) is 0 Å². The average molecular weight is 883 g/mol. The summed E-state index contributed by atoms with van der Waals surface area (Å²) in [6.45, 7) is 0. The molecule has 10 aromatic carbocycles. The van der Waals surface area contributed by atoms with Crippen LogP contribution in [-0.4, -0.2) is 4.57 Å². The second-order valence-electron chi connectivity index (χ2n) is 19.5. The number of ether oxygens (including phenoxy) is 1. The normalized spacial score (nSPS) is 18.1. The Morgan fingerprint density at radius 3 is 1.54 bits per heavy atom. The van der Waals surface area contributed by atoms with Crippen LogP contribution in [0.25, 0.3) is 72.0 Å². The zero-order valence-electron chi connectivity index (χ0n) is 38.0. The molecule has 0 radical (unpaired) electrons. The first-order valence-corrected chi connectivity index (χ1v) is 24.5. The number of rotatable bonds is 6. The van der Waals surface area contributed by atoms with Crippen molar-refractivity contribution in [2.45, 2.75) is 36.8 Å². The number of nitrogens with zero attached hydrogens (tertiary/aromatic N) is 2. The summed E-state index contributed by atoms with van der Waals surface area (Å²) < 4.78 is 9.05. The van der Waals surface area contributed by atoms with Gasteiger partial charge in [0, 0.05) is 45.2 Å². The Kier molecular flexibility index (Phi) is 8.44. The molecule has 3 nitrogen and oxygen atoms in total. The van der Waals surface area contributed by atoms with E-state index in [-0.39, 0.29) is 12.1 Å². The quantitative estimate of drug-likeness (QED) is 0.166. The maximum atomic E-state index is 6.62. The van der Waals surface area contributed by atoms with Gasteiger partial charge in [-0.15, -0.1) is 0 Å². The second kappa shape index (κ2) is 15.1. The molecule has 4 unspecified atom stereocenters. The Morgan fingerprint density at radius 2 is 0.870 bits per heavy atom. The molecule has 2 aliphatic heterocycles. The zero-order valence-corrected chi connectivity index (χ0v) is 38.0. The monoisotopic (exact) mass is 882 g/mol. The van der Waals surface area contributed by atoms with Crippen LogP contribution < -0.4 is 9.64 Å². The maximum Gasteiger partial charge on any atom is 0.131 e. The third-order valence-electron chi connectivity index (χ3n) is 15.8. The Balaban J connectivity index is 0.864. The number of para-hydroxylation sites is 1. The van der Waals surface area contributed by atoms with E-state index in [4.69, 9.17) is 4.74 Å². The van der Waals surface area contributed by atoms with Crippen molar-refractivity contribution >= 4 is 33.2 Å². The minimum atomic E-state index is 0.103. The predicted molar refractivity (Wildman–Crippen MR) is 283 cm³/mol. The highest BCUT2D eigenvalue weighted by Gasteiger charge is 2.46. The first-order chi connectivity index (χ1) is 34.2. The van der Waals surface area contributed by atoms with Gasteiger partial charge in [0.05, 0.1) is 17.1 Å². The van der Waals surface area contributed by atoms with Gasteiger partial charge in [-0.25, -0.2) is 0 Å². The standard InChI is InChI=1S/C66H46N2O/c1-4-14-41(15-5-1)49-32-50(42-16-6-2-7-17-42)34-52(33-49)68-63-30-26-45(37-57(63)59-39-47-18-10-12-22-53(47)65(59)68)43-24-28-61-55(35-43)56-36-44(25-29-62(56)67(61)51-20-8-3-9-21-51)46-27-31-64-58(38-46)60-40-48-19-11-13-23-54(48)66(60)69-64/h1-38,59-60,65-66H,39-40H2. The summed E-state index contributed by atoms with van der Waals surface area (Å²) in [5.41, 5.74) is 24.3. The van der Waals surface area contributed by atoms with Crippen LogP contribution >= 0.6 is 0 Å². The van der Waals surface area contributed by atoms with Crippen LogP contribution in [0, 0.1) is 0 Å². The minimum absolute atomic E-state index is 0.103. The third kappa shape index (κ3) is 6.00. The van der Waals surface area contributed by atoms with Crippen LogP contribution in [0.1, 0.15) is 57.4 Å². The summed E-state index contributed by atoms with van der Waals surface area (Å²) in [7, 11) is 0. The fraction of sp³-hybridized carbons (Fsp3) is 0.0909. The summed E-state index contributed by atoms with van der Waals surface area (Å²) in [6, 6.07) is 86.1. The minimum Gasteiger partial charge on any atom is -0.485 e. The van der Waals surface area contributed by atoms with Gasteiger partial charge in [-0.05, 0) is 164 Å². The van der Waals surface area contributed by atoms with Crippen molar-refractivity contribution in [1.29, 1.82) is 0 Å². The number of aromatic nitrogens is 1. The van der Waals surface area contributed by atoms with Crippen LogP contribution in [0.4, 0.5) is 11.4 Å². The fourth-order valence-corrected chi connectivity index (χ4v) is 12.7. The highest BCUT2D eigenvalue weighted by Crippen LogP contribution is 2.59. The number of fused-ring (bicyclic) bond motifs is 13. The van der Waals surface area contributed by atoms with Gasteiger partial charge in [0.1, 0.15) is 11.9 Å². The number of benzene rings is 10. The Hall–Kier alpha value is -8.40. The zero-order chi connectivity index (χ0) is 45.2. The van der Waals surface area contributed by atoms with Gasteiger partial charge in [0.2, 0.25) is 0 Å². The molecule has 326 valence electrons. The van der Waals surface area contributed by atoms with Crippen LogP contribution in [0.3, 0.4) is 0 Å². The molecule has 4 aliphatic rings. The van der Waals surface area contributed by atoms with E-state index < -0.39 is 0 Å². The van der Waals surface area contributed by atoms with Gasteiger partial charge in [0.25, 0.3) is 0 Å². The Bertz CT molecular complexity index is 3790. The van der Waals surface area contributed by atoms with Gasteiger partial charge in [-0.3, -0.25) is 0 Å². The van der Waals surface area contributed by atoms with Gasteiger partial charge in [-0.1, -0.05) is 152 Å². The largest absolute Gasteiger partial charge is 0.485 e. The molecule has 0 fully saturated rings.